The monoisotopic (exact) mass is 280 g/mol. The molecule has 0 aromatic carbocycles. The van der Waals surface area contributed by atoms with Crippen molar-refractivity contribution in [3.63, 3.8) is 0 Å². The Bertz CT molecular complexity index is 475. The molecule has 0 spiro atoms. The van der Waals surface area contributed by atoms with E-state index in [9.17, 15) is 4.79 Å². The second-order valence-electron chi connectivity index (χ2n) is 3.70. The van der Waals surface area contributed by atoms with Crippen molar-refractivity contribution < 1.29 is 13.8 Å². The second-order valence-corrected chi connectivity index (χ2v) is 3.70. The Morgan fingerprint density at radius 1 is 1.35 bits per heavy atom. The zero-order chi connectivity index (χ0) is 15.5. The van der Waals surface area contributed by atoms with E-state index >= 15 is 0 Å². The molecule has 20 heavy (non-hydrogen) atoms. The van der Waals surface area contributed by atoms with Crippen molar-refractivity contribution in [3.05, 3.63) is 42.9 Å². The molecule has 0 bridgehead atoms. The molecule has 5 nitrogen and oxygen atoms in total. The number of carbonyl (C=O) groups excluding carboxylic acids is 1. The number of rotatable bonds is 2. The van der Waals surface area contributed by atoms with Gasteiger partial charge in [0.15, 0.2) is 0 Å². The van der Waals surface area contributed by atoms with E-state index in [2.05, 4.69) is 0 Å². The highest BCUT2D eigenvalue weighted by Gasteiger charge is 2.17. The van der Waals surface area contributed by atoms with E-state index in [1.165, 1.54) is 4.57 Å². The molecule has 0 unspecified atom stereocenters. The average molecular weight is 280 g/mol. The lowest BCUT2D eigenvalue weighted by Crippen LogP contribution is -2.32. The SMILES string of the molecule is CC.CC.CN(Cc1ccco1)C(=O)n1cc[n+](C)c1. The Morgan fingerprint density at radius 2 is 2.00 bits per heavy atom. The number of carbonyl (C=O) groups is 1. The number of hydrogen-bond acceptors (Lipinski definition) is 2. The van der Waals surface area contributed by atoms with Gasteiger partial charge in [-0.25, -0.2) is 9.36 Å². The molecular weight excluding hydrogens is 254 g/mol. The van der Waals surface area contributed by atoms with Crippen molar-refractivity contribution >= 4 is 6.03 Å². The van der Waals surface area contributed by atoms with E-state index in [0.29, 0.717) is 6.54 Å². The van der Waals surface area contributed by atoms with Crippen molar-refractivity contribution in [3.8, 4) is 0 Å². The van der Waals surface area contributed by atoms with Crippen LogP contribution in [0.15, 0.2) is 41.5 Å². The molecule has 1 amide bonds. The minimum Gasteiger partial charge on any atom is -0.467 e. The zero-order valence-electron chi connectivity index (χ0n) is 13.3. The molecule has 0 N–H and O–H groups in total. The van der Waals surface area contributed by atoms with E-state index < -0.39 is 0 Å². The van der Waals surface area contributed by atoms with Crippen LogP contribution in [0.1, 0.15) is 33.5 Å². The number of nitrogens with zero attached hydrogens (tertiary/aromatic N) is 3. The maximum atomic E-state index is 11.9. The molecule has 2 aromatic rings. The summed E-state index contributed by atoms with van der Waals surface area (Å²) >= 11 is 0. The van der Waals surface area contributed by atoms with Gasteiger partial charge in [-0.2, -0.15) is 4.57 Å². The van der Waals surface area contributed by atoms with Crippen LogP contribution in [0.5, 0.6) is 0 Å². The molecule has 0 saturated heterocycles. The summed E-state index contributed by atoms with van der Waals surface area (Å²) in [5.41, 5.74) is 0. The van der Waals surface area contributed by atoms with E-state index in [4.69, 9.17) is 4.42 Å². The van der Waals surface area contributed by atoms with Crippen LogP contribution >= 0.6 is 0 Å². The van der Waals surface area contributed by atoms with Gasteiger partial charge >= 0.3 is 6.03 Å². The summed E-state index contributed by atoms with van der Waals surface area (Å²) < 4.78 is 8.54. The van der Waals surface area contributed by atoms with Crippen LogP contribution in [-0.4, -0.2) is 22.5 Å². The fourth-order valence-corrected chi connectivity index (χ4v) is 1.46. The van der Waals surface area contributed by atoms with Gasteiger partial charge in [-0.15, -0.1) is 0 Å². The van der Waals surface area contributed by atoms with Crippen molar-refractivity contribution in [2.75, 3.05) is 7.05 Å². The Labute approximate surface area is 121 Å². The van der Waals surface area contributed by atoms with Gasteiger partial charge in [0.25, 0.3) is 6.33 Å². The molecule has 0 atom stereocenters. The Morgan fingerprint density at radius 3 is 2.45 bits per heavy atom. The van der Waals surface area contributed by atoms with E-state index in [1.54, 1.807) is 30.7 Å². The first-order valence-corrected chi connectivity index (χ1v) is 6.98. The van der Waals surface area contributed by atoms with Crippen LogP contribution in [0.4, 0.5) is 4.79 Å². The van der Waals surface area contributed by atoms with Crippen LogP contribution in [0.2, 0.25) is 0 Å². The third-order valence-corrected chi connectivity index (χ3v) is 2.29. The smallest absolute Gasteiger partial charge is 0.415 e. The Hall–Kier alpha value is -2.04. The first kappa shape index (κ1) is 18.0. The molecule has 112 valence electrons. The average Bonchev–Trinajstić information content (AvgIpc) is 3.14. The fourth-order valence-electron chi connectivity index (χ4n) is 1.46. The van der Waals surface area contributed by atoms with Gasteiger partial charge in [0.05, 0.1) is 19.9 Å². The summed E-state index contributed by atoms with van der Waals surface area (Å²) in [5.74, 6) is 0.771. The third-order valence-electron chi connectivity index (χ3n) is 2.29. The van der Waals surface area contributed by atoms with Crippen LogP contribution < -0.4 is 4.57 Å². The standard InChI is InChI=1S/C11H14N3O2.2C2H6/c1-12-5-6-14(9-12)11(15)13(2)8-10-4-3-7-16-10;2*1-2/h3-7,9H,8H2,1-2H3;2*1-2H3/q+1;;. The normalized spacial score (nSPS) is 8.90. The van der Waals surface area contributed by atoms with Gasteiger partial charge in [-0.1, -0.05) is 27.7 Å². The van der Waals surface area contributed by atoms with Crippen molar-refractivity contribution in [1.29, 1.82) is 0 Å². The minimum absolute atomic E-state index is 0.0861. The van der Waals surface area contributed by atoms with Gasteiger partial charge in [-0.05, 0) is 12.1 Å². The maximum Gasteiger partial charge on any atom is 0.415 e. The predicted molar refractivity (Wildman–Crippen MR) is 79.3 cm³/mol. The third kappa shape index (κ3) is 5.30. The lowest BCUT2D eigenvalue weighted by Gasteiger charge is -2.11. The van der Waals surface area contributed by atoms with Crippen LogP contribution in [0.25, 0.3) is 0 Å². The van der Waals surface area contributed by atoms with E-state index in [1.807, 2.05) is 57.6 Å². The highest BCUT2D eigenvalue weighted by Crippen LogP contribution is 2.04. The minimum atomic E-state index is -0.0861. The van der Waals surface area contributed by atoms with Gasteiger partial charge in [0, 0.05) is 7.05 Å². The first-order chi connectivity index (χ1) is 9.66. The van der Waals surface area contributed by atoms with E-state index in [0.717, 1.165) is 5.76 Å². The number of aryl methyl sites for hydroxylation is 1. The Kier molecular flexibility index (Phi) is 8.83. The summed E-state index contributed by atoms with van der Waals surface area (Å²) in [6, 6.07) is 3.57. The van der Waals surface area contributed by atoms with E-state index in [-0.39, 0.29) is 6.03 Å². The summed E-state index contributed by atoms with van der Waals surface area (Å²) in [4.78, 5) is 13.5. The van der Waals surface area contributed by atoms with Gasteiger partial charge in [-0.3, -0.25) is 4.90 Å². The lowest BCUT2D eigenvalue weighted by atomic mass is 10.4. The number of amides is 1. The zero-order valence-corrected chi connectivity index (χ0v) is 13.3. The summed E-state index contributed by atoms with van der Waals surface area (Å²) in [6.45, 7) is 8.47. The van der Waals surface area contributed by atoms with Crippen LogP contribution in [0, 0.1) is 0 Å². The molecule has 0 aliphatic rings. The second kappa shape index (κ2) is 9.83. The number of hydrogen-bond donors (Lipinski definition) is 0. The molecular formula is C15H26N3O2+. The van der Waals surface area contributed by atoms with Gasteiger partial charge in [0.2, 0.25) is 0 Å². The van der Waals surface area contributed by atoms with Gasteiger partial charge < -0.3 is 4.42 Å². The topological polar surface area (TPSA) is 42.3 Å². The highest BCUT2D eigenvalue weighted by molar-refractivity contribution is 5.76. The Balaban J connectivity index is 0.000000829. The summed E-state index contributed by atoms with van der Waals surface area (Å²) in [5, 5.41) is 0. The predicted octanol–water partition coefficient (Wildman–Crippen LogP) is 3.06. The molecule has 5 heteroatoms. The lowest BCUT2D eigenvalue weighted by molar-refractivity contribution is -0.670. The molecule has 2 aromatic heterocycles. The summed E-state index contributed by atoms with van der Waals surface area (Å²) in [7, 11) is 3.61. The molecule has 2 heterocycles. The molecule has 0 aliphatic carbocycles. The van der Waals surface area contributed by atoms with Crippen molar-refractivity contribution in [1.82, 2.24) is 9.47 Å². The molecule has 2 rings (SSSR count). The maximum absolute atomic E-state index is 11.9. The van der Waals surface area contributed by atoms with Gasteiger partial charge in [0.1, 0.15) is 18.2 Å². The fraction of sp³-hybridized carbons (Fsp3) is 0.467. The largest absolute Gasteiger partial charge is 0.467 e. The number of aromatic nitrogens is 2. The molecule has 0 saturated carbocycles. The molecule has 0 aliphatic heterocycles. The van der Waals surface area contributed by atoms with Crippen LogP contribution in [-0.2, 0) is 13.6 Å². The number of imidazole rings is 1. The summed E-state index contributed by atoms with van der Waals surface area (Å²) in [6.07, 6.45) is 6.86. The quantitative estimate of drug-likeness (QED) is 0.793. The van der Waals surface area contributed by atoms with Crippen molar-refractivity contribution in [2.45, 2.75) is 34.2 Å². The molecule has 0 radical (unpaired) electrons. The number of furan rings is 1. The van der Waals surface area contributed by atoms with Crippen molar-refractivity contribution in [2.24, 2.45) is 7.05 Å². The first-order valence-electron chi connectivity index (χ1n) is 6.98. The van der Waals surface area contributed by atoms with Crippen LogP contribution in [0.3, 0.4) is 0 Å². The molecule has 0 fully saturated rings. The highest BCUT2D eigenvalue weighted by atomic mass is 16.3.